The molecule has 1 aliphatic carbocycles. The zero-order valence-corrected chi connectivity index (χ0v) is 10.0. The number of alkyl halides is 3. The van der Waals surface area contributed by atoms with Crippen LogP contribution in [0.1, 0.15) is 33.6 Å². The average Bonchev–Trinajstić information content (AvgIpc) is 2.19. The van der Waals surface area contributed by atoms with Crippen LogP contribution in [0, 0.1) is 5.41 Å². The van der Waals surface area contributed by atoms with E-state index in [2.05, 4.69) is 5.32 Å². The molecule has 0 aromatic heterocycles. The topological polar surface area (TPSA) is 21.3 Å². The molecule has 16 heavy (non-hydrogen) atoms. The molecule has 2 nitrogen and oxygen atoms in total. The predicted molar refractivity (Wildman–Crippen MR) is 56.3 cm³/mol. The second kappa shape index (κ2) is 4.92. The summed E-state index contributed by atoms with van der Waals surface area (Å²) in [5.74, 6) is 0. The molecule has 0 saturated heterocycles. The van der Waals surface area contributed by atoms with Crippen molar-refractivity contribution in [2.45, 2.75) is 51.9 Å². The summed E-state index contributed by atoms with van der Waals surface area (Å²) in [6.45, 7) is 5.60. The Morgan fingerprint density at radius 3 is 2.44 bits per heavy atom. The molecule has 96 valence electrons. The molecule has 0 aromatic rings. The first kappa shape index (κ1) is 13.8. The molecule has 3 unspecified atom stereocenters. The van der Waals surface area contributed by atoms with Gasteiger partial charge in [-0.25, -0.2) is 0 Å². The van der Waals surface area contributed by atoms with Crippen molar-refractivity contribution in [1.82, 2.24) is 5.32 Å². The van der Waals surface area contributed by atoms with E-state index in [1.807, 2.05) is 20.8 Å². The molecule has 1 saturated carbocycles. The third-order valence-electron chi connectivity index (χ3n) is 3.66. The summed E-state index contributed by atoms with van der Waals surface area (Å²) < 4.78 is 41.8. The summed E-state index contributed by atoms with van der Waals surface area (Å²) in [4.78, 5) is 0. The number of hydrogen-bond acceptors (Lipinski definition) is 2. The molecule has 0 heterocycles. The minimum Gasteiger partial charge on any atom is -0.378 e. The SMILES string of the molecule is CCOC1CC(NCC(F)(F)F)C1(C)CC. The van der Waals surface area contributed by atoms with Gasteiger partial charge in [0.05, 0.1) is 12.6 Å². The second-order valence-corrected chi connectivity index (χ2v) is 4.59. The molecule has 0 amide bonds. The van der Waals surface area contributed by atoms with Crippen molar-refractivity contribution >= 4 is 0 Å². The molecule has 0 aliphatic heterocycles. The number of nitrogens with one attached hydrogen (secondary N) is 1. The van der Waals surface area contributed by atoms with E-state index in [1.165, 1.54) is 0 Å². The van der Waals surface area contributed by atoms with Gasteiger partial charge in [-0.3, -0.25) is 0 Å². The van der Waals surface area contributed by atoms with Crippen molar-refractivity contribution < 1.29 is 17.9 Å². The quantitative estimate of drug-likeness (QED) is 0.796. The Bertz CT molecular complexity index is 232. The lowest BCUT2D eigenvalue weighted by Crippen LogP contribution is -2.63. The molecule has 0 bridgehead atoms. The first-order chi connectivity index (χ1) is 7.33. The van der Waals surface area contributed by atoms with Crippen molar-refractivity contribution in [2.24, 2.45) is 5.41 Å². The van der Waals surface area contributed by atoms with Gasteiger partial charge in [-0.1, -0.05) is 13.8 Å². The van der Waals surface area contributed by atoms with Gasteiger partial charge in [-0.2, -0.15) is 13.2 Å². The highest BCUT2D eigenvalue weighted by atomic mass is 19.4. The lowest BCUT2D eigenvalue weighted by atomic mass is 9.61. The van der Waals surface area contributed by atoms with Crippen molar-refractivity contribution in [3.05, 3.63) is 0 Å². The average molecular weight is 239 g/mol. The normalized spacial score (nSPS) is 34.9. The molecule has 0 aromatic carbocycles. The Hall–Kier alpha value is -0.290. The predicted octanol–water partition coefficient (Wildman–Crippen LogP) is 2.73. The molecule has 1 N–H and O–H groups in total. The lowest BCUT2D eigenvalue weighted by Gasteiger charge is -2.53. The van der Waals surface area contributed by atoms with Crippen LogP contribution in [0.25, 0.3) is 0 Å². The van der Waals surface area contributed by atoms with Crippen molar-refractivity contribution in [1.29, 1.82) is 0 Å². The Balaban J connectivity index is 2.46. The molecular weight excluding hydrogens is 219 g/mol. The fraction of sp³-hybridized carbons (Fsp3) is 1.00. The zero-order valence-electron chi connectivity index (χ0n) is 10.0. The van der Waals surface area contributed by atoms with Crippen molar-refractivity contribution in [3.8, 4) is 0 Å². The van der Waals surface area contributed by atoms with Crippen molar-refractivity contribution in [2.75, 3.05) is 13.2 Å². The summed E-state index contributed by atoms with van der Waals surface area (Å²) in [5, 5.41) is 2.58. The molecule has 0 spiro atoms. The summed E-state index contributed by atoms with van der Waals surface area (Å²) in [7, 11) is 0. The van der Waals surface area contributed by atoms with E-state index in [9.17, 15) is 13.2 Å². The van der Waals surface area contributed by atoms with Crippen LogP contribution < -0.4 is 5.32 Å². The minimum absolute atomic E-state index is 0.0873. The Labute approximate surface area is 94.5 Å². The maximum absolute atomic E-state index is 12.1. The highest BCUT2D eigenvalue weighted by Gasteiger charge is 2.51. The lowest BCUT2D eigenvalue weighted by molar-refractivity contribution is -0.153. The Morgan fingerprint density at radius 2 is 2.00 bits per heavy atom. The largest absolute Gasteiger partial charge is 0.401 e. The summed E-state index contributed by atoms with van der Waals surface area (Å²) in [6.07, 6.45) is -2.54. The van der Waals surface area contributed by atoms with Gasteiger partial charge < -0.3 is 10.1 Å². The minimum atomic E-state index is -4.13. The summed E-state index contributed by atoms with van der Waals surface area (Å²) >= 11 is 0. The van der Waals surface area contributed by atoms with Gasteiger partial charge in [0, 0.05) is 18.1 Å². The van der Waals surface area contributed by atoms with Crippen LogP contribution in [0.3, 0.4) is 0 Å². The first-order valence-electron chi connectivity index (χ1n) is 5.75. The highest BCUT2D eigenvalue weighted by molar-refractivity contribution is 5.04. The van der Waals surface area contributed by atoms with Crippen molar-refractivity contribution in [3.63, 3.8) is 0 Å². The van der Waals surface area contributed by atoms with E-state index in [0.29, 0.717) is 13.0 Å². The smallest absolute Gasteiger partial charge is 0.378 e. The standard InChI is InChI=1S/C11H20F3NO/c1-4-10(3)8(6-9(10)16-5-2)15-7-11(12,13)14/h8-9,15H,4-7H2,1-3H3. The molecule has 1 rings (SSSR count). The molecule has 5 heteroatoms. The van der Waals surface area contributed by atoms with E-state index >= 15 is 0 Å². The van der Waals surface area contributed by atoms with Crippen LogP contribution in [0.4, 0.5) is 13.2 Å². The van der Waals surface area contributed by atoms with E-state index in [4.69, 9.17) is 4.74 Å². The van der Waals surface area contributed by atoms with E-state index in [0.717, 1.165) is 6.42 Å². The summed E-state index contributed by atoms with van der Waals surface area (Å²) in [6, 6.07) is -0.0873. The number of halogens is 3. The number of ether oxygens (including phenoxy) is 1. The highest BCUT2D eigenvalue weighted by Crippen LogP contribution is 2.46. The Kier molecular flexibility index (Phi) is 4.23. The van der Waals surface area contributed by atoms with Crippen LogP contribution in [0.15, 0.2) is 0 Å². The monoisotopic (exact) mass is 239 g/mol. The van der Waals surface area contributed by atoms with Gasteiger partial charge in [0.2, 0.25) is 0 Å². The number of rotatable bonds is 5. The van der Waals surface area contributed by atoms with Gasteiger partial charge in [-0.15, -0.1) is 0 Å². The third-order valence-corrected chi connectivity index (χ3v) is 3.66. The number of hydrogen-bond donors (Lipinski definition) is 1. The maximum atomic E-state index is 12.1. The zero-order chi connectivity index (χ0) is 12.4. The molecule has 1 aliphatic rings. The molecule has 1 fully saturated rings. The van der Waals surface area contributed by atoms with Gasteiger partial charge in [0.15, 0.2) is 0 Å². The molecule has 0 radical (unpaired) electrons. The van der Waals surface area contributed by atoms with Gasteiger partial charge in [-0.05, 0) is 19.8 Å². The van der Waals surface area contributed by atoms with Crippen LogP contribution in [0.2, 0.25) is 0 Å². The Morgan fingerprint density at radius 1 is 1.38 bits per heavy atom. The van der Waals surface area contributed by atoms with Gasteiger partial charge in [0.25, 0.3) is 0 Å². The van der Waals surface area contributed by atoms with Crippen LogP contribution in [-0.4, -0.2) is 31.5 Å². The van der Waals surface area contributed by atoms with E-state index in [-0.39, 0.29) is 17.6 Å². The van der Waals surface area contributed by atoms with Crippen LogP contribution in [0.5, 0.6) is 0 Å². The van der Waals surface area contributed by atoms with E-state index < -0.39 is 12.7 Å². The maximum Gasteiger partial charge on any atom is 0.401 e. The third kappa shape index (κ3) is 2.88. The molecular formula is C11H20F3NO. The van der Waals surface area contributed by atoms with Crippen LogP contribution >= 0.6 is 0 Å². The van der Waals surface area contributed by atoms with Crippen LogP contribution in [-0.2, 0) is 4.74 Å². The fourth-order valence-electron chi connectivity index (χ4n) is 2.31. The van der Waals surface area contributed by atoms with Gasteiger partial charge in [0.1, 0.15) is 0 Å². The van der Waals surface area contributed by atoms with E-state index in [1.54, 1.807) is 0 Å². The second-order valence-electron chi connectivity index (χ2n) is 4.59. The van der Waals surface area contributed by atoms with Gasteiger partial charge >= 0.3 is 6.18 Å². The molecule has 3 atom stereocenters. The first-order valence-corrected chi connectivity index (χ1v) is 5.75. The fourth-order valence-corrected chi connectivity index (χ4v) is 2.31. The summed E-state index contributed by atoms with van der Waals surface area (Å²) in [5.41, 5.74) is -0.165.